The van der Waals surface area contributed by atoms with Crippen LogP contribution >= 0.6 is 11.8 Å². The average Bonchev–Trinajstić information content (AvgIpc) is 3.32. The first-order valence-corrected chi connectivity index (χ1v) is 11.6. The number of carbonyl (C=O) groups is 2. The molecular weight excluding hydrogens is 422 g/mol. The molecule has 2 aromatic rings. The highest BCUT2D eigenvalue weighted by Gasteiger charge is 2.21. The number of aromatic nitrogens is 4. The number of hydrogen-bond donors (Lipinski definition) is 2. The van der Waals surface area contributed by atoms with Crippen molar-refractivity contribution in [3.05, 3.63) is 22.6 Å². The van der Waals surface area contributed by atoms with Gasteiger partial charge in [0.2, 0.25) is 11.7 Å². The van der Waals surface area contributed by atoms with Gasteiger partial charge in [0.1, 0.15) is 0 Å². The van der Waals surface area contributed by atoms with Gasteiger partial charge in [0, 0.05) is 24.8 Å². The van der Waals surface area contributed by atoms with Crippen LogP contribution in [0.4, 0.5) is 4.79 Å². The van der Waals surface area contributed by atoms with Gasteiger partial charge in [0.25, 0.3) is 11.1 Å². The van der Waals surface area contributed by atoms with Gasteiger partial charge < -0.3 is 14.8 Å². The Morgan fingerprint density at radius 2 is 2.03 bits per heavy atom. The highest BCUT2D eigenvalue weighted by Crippen LogP contribution is 2.20. The van der Waals surface area contributed by atoms with Gasteiger partial charge in [-0.1, -0.05) is 44.9 Å². The van der Waals surface area contributed by atoms with Crippen molar-refractivity contribution < 1.29 is 19.1 Å². The van der Waals surface area contributed by atoms with E-state index in [1.54, 1.807) is 0 Å². The molecule has 1 saturated carbocycles. The second kappa shape index (κ2) is 10.7. The molecule has 0 aliphatic heterocycles. The number of ketones is 1. The third kappa shape index (κ3) is 6.22. The Kier molecular flexibility index (Phi) is 7.94. The molecule has 0 saturated heterocycles. The standard InChI is InChI=1S/C20H29N5O5S/c1-13(2)8-9-15(26)17-22-23-19(30-17)31-11-10-24-16(27)12-25(20(24)29)18(28)21-14-6-4-3-5-7-14/h12-14,27H,3-11H2,1-2H3,(H,21,28). The first-order chi connectivity index (χ1) is 14.8. The van der Waals surface area contributed by atoms with Gasteiger partial charge in [0.15, 0.2) is 0 Å². The minimum atomic E-state index is -0.610. The molecule has 31 heavy (non-hydrogen) atoms. The zero-order chi connectivity index (χ0) is 22.4. The maximum atomic E-state index is 12.5. The van der Waals surface area contributed by atoms with Crippen LogP contribution in [0.25, 0.3) is 0 Å². The normalized spacial score (nSPS) is 14.8. The molecule has 3 rings (SSSR count). The molecule has 2 heterocycles. The van der Waals surface area contributed by atoms with Crippen LogP contribution in [0.15, 0.2) is 20.6 Å². The van der Waals surface area contributed by atoms with Gasteiger partial charge in [0.05, 0.1) is 6.20 Å². The minimum absolute atomic E-state index is 0.0197. The van der Waals surface area contributed by atoms with Crippen LogP contribution in [0.5, 0.6) is 5.88 Å². The maximum Gasteiger partial charge on any atom is 0.339 e. The number of hydrogen-bond acceptors (Lipinski definition) is 8. The monoisotopic (exact) mass is 451 g/mol. The van der Waals surface area contributed by atoms with E-state index < -0.39 is 11.7 Å². The summed E-state index contributed by atoms with van der Waals surface area (Å²) in [5.74, 6) is 0.240. The minimum Gasteiger partial charge on any atom is -0.493 e. The first kappa shape index (κ1) is 23.1. The van der Waals surface area contributed by atoms with Crippen LogP contribution < -0.4 is 11.0 Å². The van der Waals surface area contributed by atoms with E-state index in [0.29, 0.717) is 18.1 Å². The van der Waals surface area contributed by atoms with Gasteiger partial charge >= 0.3 is 11.7 Å². The number of Topliss-reactive ketones (excluding diaryl/α,β-unsaturated/α-hetero) is 1. The van der Waals surface area contributed by atoms with E-state index in [1.807, 2.05) is 13.8 Å². The smallest absolute Gasteiger partial charge is 0.339 e. The molecule has 0 aromatic carbocycles. The summed E-state index contributed by atoms with van der Waals surface area (Å²) >= 11 is 1.17. The van der Waals surface area contributed by atoms with E-state index in [1.165, 1.54) is 11.8 Å². The fourth-order valence-electron chi connectivity index (χ4n) is 3.45. The van der Waals surface area contributed by atoms with Crippen molar-refractivity contribution in [1.29, 1.82) is 0 Å². The summed E-state index contributed by atoms with van der Waals surface area (Å²) in [6.45, 7) is 4.21. The Bertz CT molecular complexity index is 958. The topological polar surface area (TPSA) is 132 Å². The molecule has 0 spiro atoms. The summed E-state index contributed by atoms with van der Waals surface area (Å²) < 4.78 is 7.38. The number of nitrogens with zero attached hydrogens (tertiary/aromatic N) is 4. The zero-order valence-corrected chi connectivity index (χ0v) is 18.7. The summed E-state index contributed by atoms with van der Waals surface area (Å²) in [5, 5.41) is 20.8. The number of rotatable bonds is 9. The SMILES string of the molecule is CC(C)CCC(=O)c1nnc(SCCn2c(O)cn(C(=O)NC3CCCCC3)c2=O)o1. The summed E-state index contributed by atoms with van der Waals surface area (Å²) in [4.78, 5) is 37.0. The molecule has 11 heteroatoms. The molecule has 2 aromatic heterocycles. The lowest BCUT2D eigenvalue weighted by Gasteiger charge is -2.22. The Balaban J connectivity index is 1.53. The number of amides is 1. The molecule has 0 atom stereocenters. The second-order valence-corrected chi connectivity index (χ2v) is 9.20. The number of aromatic hydroxyl groups is 1. The lowest BCUT2D eigenvalue weighted by Crippen LogP contribution is -2.42. The van der Waals surface area contributed by atoms with Crippen LogP contribution in [0.1, 0.15) is 69.5 Å². The molecule has 1 aliphatic carbocycles. The molecule has 1 fully saturated rings. The van der Waals surface area contributed by atoms with E-state index >= 15 is 0 Å². The predicted octanol–water partition coefficient (Wildman–Crippen LogP) is 3.04. The Morgan fingerprint density at radius 1 is 1.29 bits per heavy atom. The Morgan fingerprint density at radius 3 is 2.74 bits per heavy atom. The quantitative estimate of drug-likeness (QED) is 0.439. The highest BCUT2D eigenvalue weighted by atomic mass is 32.2. The summed E-state index contributed by atoms with van der Waals surface area (Å²) in [5.41, 5.74) is -0.610. The molecule has 170 valence electrons. The fourth-order valence-corrected chi connectivity index (χ4v) is 4.13. The van der Waals surface area contributed by atoms with E-state index in [2.05, 4.69) is 15.5 Å². The van der Waals surface area contributed by atoms with Crippen LogP contribution in [0, 0.1) is 5.92 Å². The van der Waals surface area contributed by atoms with Crippen LogP contribution in [-0.4, -0.2) is 48.0 Å². The summed E-state index contributed by atoms with van der Waals surface area (Å²) in [7, 11) is 0. The molecule has 0 unspecified atom stereocenters. The second-order valence-electron chi connectivity index (χ2n) is 8.15. The van der Waals surface area contributed by atoms with E-state index in [0.717, 1.165) is 53.9 Å². The number of imidazole rings is 1. The number of thioether (sulfide) groups is 1. The molecule has 0 bridgehead atoms. The van der Waals surface area contributed by atoms with E-state index in [9.17, 15) is 19.5 Å². The molecule has 1 aliphatic rings. The first-order valence-electron chi connectivity index (χ1n) is 10.7. The van der Waals surface area contributed by atoms with Crippen molar-refractivity contribution in [3.63, 3.8) is 0 Å². The van der Waals surface area contributed by atoms with Crippen LogP contribution in [0.2, 0.25) is 0 Å². The molecule has 0 radical (unpaired) electrons. The predicted molar refractivity (Wildman–Crippen MR) is 115 cm³/mol. The van der Waals surface area contributed by atoms with E-state index in [-0.39, 0.29) is 35.4 Å². The van der Waals surface area contributed by atoms with Crippen molar-refractivity contribution in [2.24, 2.45) is 5.92 Å². The lowest BCUT2D eigenvalue weighted by atomic mass is 9.96. The Labute approximate surface area is 184 Å². The molecule has 10 nitrogen and oxygen atoms in total. The molecule has 1 amide bonds. The van der Waals surface area contributed by atoms with Crippen molar-refractivity contribution >= 4 is 23.6 Å². The third-order valence-corrected chi connectivity index (χ3v) is 6.04. The highest BCUT2D eigenvalue weighted by molar-refractivity contribution is 7.99. The third-order valence-electron chi connectivity index (χ3n) is 5.24. The molecule has 2 N–H and O–H groups in total. The van der Waals surface area contributed by atoms with E-state index in [4.69, 9.17) is 4.42 Å². The zero-order valence-electron chi connectivity index (χ0n) is 17.9. The average molecular weight is 452 g/mol. The van der Waals surface area contributed by atoms with Gasteiger partial charge in [-0.3, -0.25) is 9.36 Å². The van der Waals surface area contributed by atoms with Gasteiger partial charge in [-0.2, -0.15) is 0 Å². The maximum absolute atomic E-state index is 12.5. The van der Waals surface area contributed by atoms with Crippen molar-refractivity contribution in [3.8, 4) is 5.88 Å². The molecular formula is C20H29N5O5S. The summed E-state index contributed by atoms with van der Waals surface area (Å²) in [6, 6.07) is -0.468. The van der Waals surface area contributed by atoms with Crippen molar-refractivity contribution in [1.82, 2.24) is 24.6 Å². The number of nitrogens with one attached hydrogen (secondary N) is 1. The van der Waals surface area contributed by atoms with Crippen molar-refractivity contribution in [2.75, 3.05) is 5.75 Å². The van der Waals surface area contributed by atoms with Gasteiger partial charge in [-0.15, -0.1) is 10.2 Å². The largest absolute Gasteiger partial charge is 0.493 e. The van der Waals surface area contributed by atoms with Gasteiger partial charge in [-0.05, 0) is 25.2 Å². The number of carbonyl (C=O) groups excluding carboxylic acids is 2. The van der Waals surface area contributed by atoms with Crippen LogP contribution in [-0.2, 0) is 6.54 Å². The van der Waals surface area contributed by atoms with Crippen LogP contribution in [0.3, 0.4) is 0 Å². The van der Waals surface area contributed by atoms with Crippen molar-refractivity contribution in [2.45, 2.75) is 76.6 Å². The fraction of sp³-hybridized carbons (Fsp3) is 0.650. The lowest BCUT2D eigenvalue weighted by molar-refractivity contribution is 0.0936. The summed E-state index contributed by atoms with van der Waals surface area (Å²) in [6.07, 6.45) is 7.30. The van der Waals surface area contributed by atoms with Gasteiger partial charge in [-0.25, -0.2) is 14.2 Å². The Hall–Kier alpha value is -2.56.